The Hall–Kier alpha value is -4.07. The molecular formula is C21H11F6N5. The minimum atomic E-state index is -4.84. The summed E-state index contributed by atoms with van der Waals surface area (Å²) in [6.07, 6.45) is -7.01. The van der Waals surface area contributed by atoms with Gasteiger partial charge in [-0.15, -0.1) is 0 Å². The molecule has 3 aromatic heterocycles. The topological polar surface area (TPSA) is 69.1 Å². The van der Waals surface area contributed by atoms with Crippen LogP contribution in [0, 0.1) is 11.8 Å². The second kappa shape index (κ2) is 7.56. The molecule has 11 heteroatoms. The zero-order chi connectivity index (χ0) is 23.1. The number of benzene rings is 1. The molecule has 0 saturated carbocycles. The summed E-state index contributed by atoms with van der Waals surface area (Å²) in [6, 6.07) is 7.63. The summed E-state index contributed by atoms with van der Waals surface area (Å²) in [4.78, 5) is 7.99. The SMILES string of the molecule is Nc1ccc(C#Cc2cnn3c(C(F)(F)F)cc(-c4cccc(C(F)(F)F)c4)nc23)cn1. The third-order valence-corrected chi connectivity index (χ3v) is 4.38. The molecule has 5 nitrogen and oxygen atoms in total. The monoisotopic (exact) mass is 447 g/mol. The standard InChI is InChI=1S/C21H11F6N5/c22-20(23,24)15-3-1-2-13(8-15)16-9-17(21(25,26)27)32-19(31-16)14(11-30-32)6-4-12-5-7-18(28)29-10-12/h1-3,5,7-11H,(H2,28,29). The van der Waals surface area contributed by atoms with Gasteiger partial charge < -0.3 is 5.73 Å². The predicted octanol–water partition coefficient (Wildman–Crippen LogP) is 4.81. The highest BCUT2D eigenvalue weighted by Crippen LogP contribution is 2.35. The van der Waals surface area contributed by atoms with E-state index in [1.54, 1.807) is 6.07 Å². The largest absolute Gasteiger partial charge is 0.433 e. The van der Waals surface area contributed by atoms with Crippen molar-refractivity contribution in [2.24, 2.45) is 0 Å². The lowest BCUT2D eigenvalue weighted by Crippen LogP contribution is -2.14. The van der Waals surface area contributed by atoms with E-state index in [4.69, 9.17) is 5.73 Å². The summed E-state index contributed by atoms with van der Waals surface area (Å²) in [5, 5.41) is 3.72. The molecule has 0 aliphatic carbocycles. The maximum absolute atomic E-state index is 13.7. The number of hydrogen-bond acceptors (Lipinski definition) is 4. The van der Waals surface area contributed by atoms with Crippen molar-refractivity contribution in [3.05, 3.63) is 77.2 Å². The fourth-order valence-corrected chi connectivity index (χ4v) is 2.87. The average molecular weight is 447 g/mol. The number of halogens is 6. The van der Waals surface area contributed by atoms with Crippen molar-refractivity contribution in [3.63, 3.8) is 0 Å². The molecule has 3 heterocycles. The predicted molar refractivity (Wildman–Crippen MR) is 103 cm³/mol. The Bertz CT molecular complexity index is 1360. The van der Waals surface area contributed by atoms with E-state index in [1.807, 2.05) is 0 Å². The maximum atomic E-state index is 13.7. The van der Waals surface area contributed by atoms with Gasteiger partial charge in [-0.1, -0.05) is 24.0 Å². The highest BCUT2D eigenvalue weighted by atomic mass is 19.4. The molecule has 0 aliphatic heterocycles. The van der Waals surface area contributed by atoms with E-state index in [0.29, 0.717) is 16.1 Å². The summed E-state index contributed by atoms with van der Waals surface area (Å²) >= 11 is 0. The van der Waals surface area contributed by atoms with Gasteiger partial charge in [0.2, 0.25) is 0 Å². The fraction of sp³-hybridized carbons (Fsp3) is 0.0952. The van der Waals surface area contributed by atoms with Gasteiger partial charge in [-0.2, -0.15) is 31.4 Å². The summed E-state index contributed by atoms with van der Waals surface area (Å²) in [5.41, 5.74) is 3.13. The normalized spacial score (nSPS) is 11.9. The zero-order valence-corrected chi connectivity index (χ0v) is 15.8. The van der Waals surface area contributed by atoms with Gasteiger partial charge in [-0.05, 0) is 30.3 Å². The third kappa shape index (κ3) is 4.20. The molecule has 0 aliphatic rings. The molecule has 0 atom stereocenters. The molecule has 0 spiro atoms. The molecule has 162 valence electrons. The van der Waals surface area contributed by atoms with E-state index in [9.17, 15) is 26.3 Å². The highest BCUT2D eigenvalue weighted by molar-refractivity contribution is 5.67. The average Bonchev–Trinajstić information content (AvgIpc) is 3.14. The number of nitrogen functional groups attached to an aromatic ring is 1. The lowest BCUT2D eigenvalue weighted by Gasteiger charge is -2.12. The van der Waals surface area contributed by atoms with E-state index in [2.05, 4.69) is 26.9 Å². The number of aromatic nitrogens is 4. The van der Waals surface area contributed by atoms with Crippen molar-refractivity contribution >= 4 is 11.5 Å². The second-order valence-corrected chi connectivity index (χ2v) is 6.62. The van der Waals surface area contributed by atoms with Crippen LogP contribution in [0.25, 0.3) is 16.9 Å². The van der Waals surface area contributed by atoms with Crippen molar-refractivity contribution in [3.8, 4) is 23.1 Å². The molecule has 32 heavy (non-hydrogen) atoms. The van der Waals surface area contributed by atoms with E-state index in [-0.39, 0.29) is 28.3 Å². The minimum Gasteiger partial charge on any atom is -0.384 e. The van der Waals surface area contributed by atoms with Gasteiger partial charge in [0, 0.05) is 17.3 Å². The van der Waals surface area contributed by atoms with Crippen LogP contribution in [0.3, 0.4) is 0 Å². The highest BCUT2D eigenvalue weighted by Gasteiger charge is 2.36. The van der Waals surface area contributed by atoms with Crippen LogP contribution < -0.4 is 5.73 Å². The molecule has 0 unspecified atom stereocenters. The summed E-state index contributed by atoms with van der Waals surface area (Å²) in [6.45, 7) is 0. The van der Waals surface area contributed by atoms with Crippen molar-refractivity contribution in [1.82, 2.24) is 19.6 Å². The molecule has 0 saturated heterocycles. The number of pyridine rings is 1. The summed E-state index contributed by atoms with van der Waals surface area (Å²) in [7, 11) is 0. The van der Waals surface area contributed by atoms with Crippen LogP contribution >= 0.6 is 0 Å². The Morgan fingerprint density at radius 1 is 0.875 bits per heavy atom. The van der Waals surface area contributed by atoms with Crippen LogP contribution in [0.1, 0.15) is 22.4 Å². The van der Waals surface area contributed by atoms with Crippen molar-refractivity contribution in [2.75, 3.05) is 5.73 Å². The quantitative estimate of drug-likeness (QED) is 0.336. The number of fused-ring (bicyclic) bond motifs is 1. The Morgan fingerprint density at radius 3 is 2.31 bits per heavy atom. The van der Waals surface area contributed by atoms with Crippen molar-refractivity contribution < 1.29 is 26.3 Å². The first kappa shape index (κ1) is 21.2. The molecule has 4 aromatic rings. The first-order valence-corrected chi connectivity index (χ1v) is 8.89. The molecule has 0 fully saturated rings. The first-order valence-electron chi connectivity index (χ1n) is 8.89. The van der Waals surface area contributed by atoms with Crippen LogP contribution in [0.5, 0.6) is 0 Å². The van der Waals surface area contributed by atoms with Crippen molar-refractivity contribution in [2.45, 2.75) is 12.4 Å². The smallest absolute Gasteiger partial charge is 0.384 e. The lowest BCUT2D eigenvalue weighted by atomic mass is 10.1. The van der Waals surface area contributed by atoms with Gasteiger partial charge in [0.05, 0.1) is 23.0 Å². The van der Waals surface area contributed by atoms with Gasteiger partial charge >= 0.3 is 12.4 Å². The molecular weight excluding hydrogens is 436 g/mol. The summed E-state index contributed by atoms with van der Waals surface area (Å²) in [5.74, 6) is 5.67. The molecule has 2 N–H and O–H groups in total. The van der Waals surface area contributed by atoms with E-state index in [1.165, 1.54) is 18.3 Å². The number of alkyl halides is 6. The molecule has 0 amide bonds. The van der Waals surface area contributed by atoms with Gasteiger partial charge in [-0.3, -0.25) is 0 Å². The third-order valence-electron chi connectivity index (χ3n) is 4.38. The zero-order valence-electron chi connectivity index (χ0n) is 15.8. The van der Waals surface area contributed by atoms with Crippen LogP contribution in [0.4, 0.5) is 32.2 Å². The molecule has 4 rings (SSSR count). The Balaban J connectivity index is 1.89. The Kier molecular flexibility index (Phi) is 5.00. The van der Waals surface area contributed by atoms with Gasteiger partial charge in [0.1, 0.15) is 5.82 Å². The van der Waals surface area contributed by atoms with Crippen LogP contribution in [-0.2, 0) is 12.4 Å². The van der Waals surface area contributed by atoms with Crippen molar-refractivity contribution in [1.29, 1.82) is 0 Å². The number of rotatable bonds is 1. The number of nitrogens with zero attached hydrogens (tertiary/aromatic N) is 4. The lowest BCUT2D eigenvalue weighted by molar-refractivity contribution is -0.142. The fourth-order valence-electron chi connectivity index (χ4n) is 2.87. The molecule has 1 aromatic carbocycles. The van der Waals surface area contributed by atoms with Gasteiger partial charge in [0.15, 0.2) is 11.3 Å². The number of hydrogen-bond donors (Lipinski definition) is 1. The minimum absolute atomic E-state index is 0.0566. The van der Waals surface area contributed by atoms with Gasteiger partial charge in [-0.25, -0.2) is 14.5 Å². The van der Waals surface area contributed by atoms with Crippen LogP contribution in [0.2, 0.25) is 0 Å². The van der Waals surface area contributed by atoms with Gasteiger partial charge in [0.25, 0.3) is 0 Å². The number of anilines is 1. The van der Waals surface area contributed by atoms with Crippen LogP contribution in [0.15, 0.2) is 54.9 Å². The first-order chi connectivity index (χ1) is 15.0. The Morgan fingerprint density at radius 2 is 1.66 bits per heavy atom. The molecule has 0 radical (unpaired) electrons. The second-order valence-electron chi connectivity index (χ2n) is 6.62. The van der Waals surface area contributed by atoms with E-state index >= 15 is 0 Å². The van der Waals surface area contributed by atoms with E-state index < -0.39 is 23.6 Å². The van der Waals surface area contributed by atoms with Crippen LogP contribution in [-0.4, -0.2) is 19.6 Å². The summed E-state index contributed by atoms with van der Waals surface area (Å²) < 4.78 is 80.7. The van der Waals surface area contributed by atoms with E-state index in [0.717, 1.165) is 24.4 Å². The molecule has 0 bridgehead atoms. The number of nitrogens with two attached hydrogens (primary N) is 1. The Labute approximate surface area is 176 Å². The maximum Gasteiger partial charge on any atom is 0.433 e.